The maximum atomic E-state index is 13.5. The van der Waals surface area contributed by atoms with Crippen LogP contribution in [0.15, 0.2) is 11.0 Å². The number of nitrogens with zero attached hydrogens (tertiary/aromatic N) is 3. The molecule has 4 aromatic heterocycles. The van der Waals surface area contributed by atoms with E-state index in [0.717, 1.165) is 23.3 Å². The summed E-state index contributed by atoms with van der Waals surface area (Å²) in [5.41, 5.74) is 2.74. The fourth-order valence-corrected chi connectivity index (χ4v) is 3.77. The SMILES string of the molecule is CCCCn1c(=O)c2nc3c(OC)c(OC)[nH]c3nc2c2[nH+]cc3c(c21)=COOC=3. The summed E-state index contributed by atoms with van der Waals surface area (Å²) < 4.78 is 12.5. The van der Waals surface area contributed by atoms with Gasteiger partial charge in [0.25, 0.3) is 11.1 Å². The molecule has 154 valence electrons. The lowest BCUT2D eigenvalue weighted by molar-refractivity contribution is -0.345. The summed E-state index contributed by atoms with van der Waals surface area (Å²) in [7, 11) is 3.04. The van der Waals surface area contributed by atoms with Gasteiger partial charge in [-0.3, -0.25) is 14.6 Å². The summed E-state index contributed by atoms with van der Waals surface area (Å²) in [6.07, 6.45) is 6.54. The van der Waals surface area contributed by atoms with Crippen LogP contribution in [0.25, 0.3) is 45.8 Å². The number of hydrogen-bond donors (Lipinski definition) is 1. The number of nitrogens with one attached hydrogen (secondary N) is 2. The van der Waals surface area contributed by atoms with Gasteiger partial charge in [0.1, 0.15) is 5.52 Å². The van der Waals surface area contributed by atoms with E-state index in [0.29, 0.717) is 45.9 Å². The highest BCUT2D eigenvalue weighted by molar-refractivity contribution is 6.01. The summed E-state index contributed by atoms with van der Waals surface area (Å²) >= 11 is 0. The second-order valence-corrected chi connectivity index (χ2v) is 6.93. The summed E-state index contributed by atoms with van der Waals surface area (Å²) in [6, 6.07) is 0. The van der Waals surface area contributed by atoms with E-state index in [1.54, 1.807) is 10.8 Å². The molecule has 0 saturated heterocycles. The molecule has 0 aromatic carbocycles. The van der Waals surface area contributed by atoms with Crippen LogP contribution in [-0.2, 0) is 16.3 Å². The summed E-state index contributed by atoms with van der Waals surface area (Å²) in [5.74, 6) is 0.803. The highest BCUT2D eigenvalue weighted by Crippen LogP contribution is 2.34. The Balaban J connectivity index is 1.99. The smallest absolute Gasteiger partial charge is 0.279 e. The van der Waals surface area contributed by atoms with Crippen LogP contribution in [0.2, 0.25) is 0 Å². The van der Waals surface area contributed by atoms with Crippen molar-refractivity contribution in [2.75, 3.05) is 14.2 Å². The maximum absolute atomic E-state index is 13.5. The van der Waals surface area contributed by atoms with Gasteiger partial charge < -0.3 is 19.0 Å². The first-order chi connectivity index (χ1) is 14.7. The van der Waals surface area contributed by atoms with Crippen LogP contribution in [0.4, 0.5) is 0 Å². The van der Waals surface area contributed by atoms with Crippen LogP contribution in [0.5, 0.6) is 11.6 Å². The molecule has 0 saturated carbocycles. The monoisotopic (exact) mass is 410 g/mol. The number of aryl methyl sites for hydroxylation is 1. The molecule has 0 bridgehead atoms. The number of aromatic nitrogens is 5. The number of methoxy groups -OCH3 is 2. The third kappa shape index (κ3) is 2.49. The molecule has 0 amide bonds. The number of fused-ring (bicyclic) bond motifs is 6. The molecule has 1 aliphatic rings. The van der Waals surface area contributed by atoms with Crippen molar-refractivity contribution in [2.45, 2.75) is 26.3 Å². The van der Waals surface area contributed by atoms with E-state index < -0.39 is 0 Å². The molecule has 0 atom stereocenters. The molecule has 0 unspecified atom stereocenters. The highest BCUT2D eigenvalue weighted by Gasteiger charge is 2.24. The Morgan fingerprint density at radius 3 is 2.73 bits per heavy atom. The van der Waals surface area contributed by atoms with Gasteiger partial charge in [-0.1, -0.05) is 13.3 Å². The minimum atomic E-state index is -0.232. The third-order valence-electron chi connectivity index (χ3n) is 5.22. The number of H-pyrrole nitrogens is 2. The molecule has 0 spiro atoms. The number of aromatic amines is 2. The minimum Gasteiger partial charge on any atom is -0.490 e. The van der Waals surface area contributed by atoms with Gasteiger partial charge in [-0.2, -0.15) is 0 Å². The molecule has 10 nitrogen and oxygen atoms in total. The maximum Gasteiger partial charge on any atom is 0.279 e. The predicted octanol–water partition coefficient (Wildman–Crippen LogP) is 0.495. The first kappa shape index (κ1) is 18.2. The zero-order chi connectivity index (χ0) is 20.8. The average molecular weight is 410 g/mol. The second kappa shape index (κ2) is 6.90. The lowest BCUT2D eigenvalue weighted by Crippen LogP contribution is -2.38. The topological polar surface area (TPSA) is 115 Å². The van der Waals surface area contributed by atoms with Crippen molar-refractivity contribution in [2.24, 2.45) is 0 Å². The molecule has 1 aliphatic heterocycles. The summed E-state index contributed by atoms with van der Waals surface area (Å²) in [4.78, 5) is 39.1. The second-order valence-electron chi connectivity index (χ2n) is 6.93. The molecule has 5 heterocycles. The molecule has 5 rings (SSSR count). The van der Waals surface area contributed by atoms with Gasteiger partial charge >= 0.3 is 0 Å². The van der Waals surface area contributed by atoms with E-state index in [9.17, 15) is 4.79 Å². The van der Waals surface area contributed by atoms with Crippen LogP contribution < -0.4 is 30.5 Å². The predicted molar refractivity (Wildman–Crippen MR) is 108 cm³/mol. The molecular formula is C20H20N5O5+. The lowest BCUT2D eigenvalue weighted by Gasteiger charge is -2.11. The Hall–Kier alpha value is -3.82. The fraction of sp³-hybridized carbons (Fsp3) is 0.300. The molecule has 0 aliphatic carbocycles. The van der Waals surface area contributed by atoms with E-state index >= 15 is 0 Å². The van der Waals surface area contributed by atoms with Gasteiger partial charge in [-0.15, -0.1) is 0 Å². The van der Waals surface area contributed by atoms with Gasteiger partial charge in [0.15, 0.2) is 40.9 Å². The number of ether oxygens (including phenoxy) is 2. The van der Waals surface area contributed by atoms with E-state index in [1.165, 1.54) is 26.7 Å². The van der Waals surface area contributed by atoms with Crippen molar-refractivity contribution in [3.05, 3.63) is 27.0 Å². The van der Waals surface area contributed by atoms with Crippen LogP contribution >= 0.6 is 0 Å². The van der Waals surface area contributed by atoms with Crippen LogP contribution in [0.3, 0.4) is 0 Å². The quantitative estimate of drug-likeness (QED) is 0.376. The first-order valence-corrected chi connectivity index (χ1v) is 9.59. The zero-order valence-corrected chi connectivity index (χ0v) is 16.7. The zero-order valence-electron chi connectivity index (χ0n) is 16.7. The minimum absolute atomic E-state index is 0.232. The molecule has 4 aromatic rings. The molecule has 30 heavy (non-hydrogen) atoms. The molecular weight excluding hydrogens is 390 g/mol. The Morgan fingerprint density at radius 2 is 1.97 bits per heavy atom. The fourth-order valence-electron chi connectivity index (χ4n) is 3.77. The van der Waals surface area contributed by atoms with E-state index in [1.807, 2.05) is 0 Å². The average Bonchev–Trinajstić information content (AvgIpc) is 3.14. The van der Waals surface area contributed by atoms with Gasteiger partial charge in [0, 0.05) is 6.54 Å². The summed E-state index contributed by atoms with van der Waals surface area (Å²) in [5, 5.41) is 1.52. The Morgan fingerprint density at radius 1 is 1.13 bits per heavy atom. The molecule has 2 N–H and O–H groups in total. The van der Waals surface area contributed by atoms with Crippen LogP contribution in [0.1, 0.15) is 19.8 Å². The number of unbranched alkanes of at least 4 members (excludes halogenated alkanes) is 1. The van der Waals surface area contributed by atoms with E-state index in [2.05, 4.69) is 21.9 Å². The van der Waals surface area contributed by atoms with Crippen molar-refractivity contribution in [1.29, 1.82) is 0 Å². The normalized spacial score (nSPS) is 12.8. The Bertz CT molecular complexity index is 1490. The van der Waals surface area contributed by atoms with Gasteiger partial charge in [-0.05, 0) is 6.42 Å². The van der Waals surface area contributed by atoms with E-state index in [4.69, 9.17) is 24.2 Å². The van der Waals surface area contributed by atoms with Crippen LogP contribution in [0, 0.1) is 0 Å². The van der Waals surface area contributed by atoms with Crippen LogP contribution in [-0.4, -0.2) is 33.7 Å². The van der Waals surface area contributed by atoms with Crippen molar-refractivity contribution in [3.8, 4) is 11.6 Å². The highest BCUT2D eigenvalue weighted by atomic mass is 17.2. The van der Waals surface area contributed by atoms with Gasteiger partial charge in [0.2, 0.25) is 11.6 Å². The largest absolute Gasteiger partial charge is 0.490 e. The number of hydrogen-bond acceptors (Lipinski definition) is 7. The van der Waals surface area contributed by atoms with Crippen molar-refractivity contribution >= 4 is 45.8 Å². The van der Waals surface area contributed by atoms with Crippen molar-refractivity contribution < 1.29 is 24.2 Å². The number of pyridine rings is 2. The molecule has 10 heteroatoms. The first-order valence-electron chi connectivity index (χ1n) is 9.59. The molecule has 0 fully saturated rings. The standard InChI is InChI=1S/C20H19N5O5/c1-4-5-6-25-16-11-9-30-29-8-10(11)7-21-13(16)12-14(20(25)26)22-15-17(27-2)19(28-3)24-18(15)23-12/h7-9H,4-6H2,1-3H3,(H,23,24)/p+1. The summed E-state index contributed by atoms with van der Waals surface area (Å²) in [6.45, 7) is 2.61. The van der Waals surface area contributed by atoms with Gasteiger partial charge in [-0.25, -0.2) is 15.0 Å². The Labute approximate surface area is 169 Å². The lowest BCUT2D eigenvalue weighted by atomic mass is 10.2. The van der Waals surface area contributed by atoms with Gasteiger partial charge in [0.05, 0.1) is 24.7 Å². The third-order valence-corrected chi connectivity index (χ3v) is 5.22. The van der Waals surface area contributed by atoms with Crippen molar-refractivity contribution in [3.63, 3.8) is 0 Å². The number of rotatable bonds is 5. The van der Waals surface area contributed by atoms with Crippen molar-refractivity contribution in [1.82, 2.24) is 19.5 Å². The molecule has 0 radical (unpaired) electrons. The van der Waals surface area contributed by atoms with E-state index in [-0.39, 0.29) is 11.1 Å². The Kier molecular flexibility index (Phi) is 4.19.